The zero-order valence-electron chi connectivity index (χ0n) is 8.91. The number of nitrogens with two attached hydrogens (primary N) is 1. The van der Waals surface area contributed by atoms with E-state index in [-0.39, 0.29) is 0 Å². The van der Waals surface area contributed by atoms with Gasteiger partial charge in [0.2, 0.25) is 0 Å². The van der Waals surface area contributed by atoms with Gasteiger partial charge in [0, 0.05) is 5.56 Å². The smallest absolute Gasteiger partial charge is 0.160 e. The van der Waals surface area contributed by atoms with Crippen LogP contribution in [0.3, 0.4) is 0 Å². The highest BCUT2D eigenvalue weighted by Gasteiger charge is 2.11. The predicted octanol–water partition coefficient (Wildman–Crippen LogP) is 3.60. The summed E-state index contributed by atoms with van der Waals surface area (Å²) in [5, 5.41) is 0.550. The van der Waals surface area contributed by atoms with Crippen LogP contribution in [-0.4, -0.2) is 7.11 Å². The van der Waals surface area contributed by atoms with Crippen molar-refractivity contribution in [2.75, 3.05) is 12.8 Å². The van der Waals surface area contributed by atoms with Crippen LogP contribution in [0, 0.1) is 0 Å². The summed E-state index contributed by atoms with van der Waals surface area (Å²) in [4.78, 5) is 0. The van der Waals surface area contributed by atoms with Crippen molar-refractivity contribution in [1.29, 1.82) is 0 Å². The van der Waals surface area contributed by atoms with Gasteiger partial charge in [-0.1, -0.05) is 48.0 Å². The Bertz CT molecular complexity index is 497. The van der Waals surface area contributed by atoms with E-state index >= 15 is 0 Å². The van der Waals surface area contributed by atoms with Crippen LogP contribution in [0.15, 0.2) is 42.5 Å². The lowest BCUT2D eigenvalue weighted by atomic mass is 10.0. The Hall–Kier alpha value is -1.67. The summed E-state index contributed by atoms with van der Waals surface area (Å²) in [5.74, 6) is 0.531. The molecule has 82 valence electrons. The number of hydrogen-bond acceptors (Lipinski definition) is 2. The molecular weight excluding hydrogens is 222 g/mol. The molecule has 2 nitrogen and oxygen atoms in total. The Morgan fingerprint density at radius 2 is 1.75 bits per heavy atom. The van der Waals surface area contributed by atoms with Crippen LogP contribution in [0.25, 0.3) is 11.1 Å². The lowest BCUT2D eigenvalue weighted by Gasteiger charge is -2.11. The fourth-order valence-electron chi connectivity index (χ4n) is 1.62. The van der Waals surface area contributed by atoms with E-state index in [4.69, 9.17) is 22.1 Å². The van der Waals surface area contributed by atoms with Crippen LogP contribution in [0.2, 0.25) is 5.02 Å². The summed E-state index contributed by atoms with van der Waals surface area (Å²) in [6, 6.07) is 13.6. The first-order chi connectivity index (χ1) is 7.74. The van der Waals surface area contributed by atoms with E-state index in [1.807, 2.05) is 36.4 Å². The monoisotopic (exact) mass is 233 g/mol. The number of rotatable bonds is 2. The van der Waals surface area contributed by atoms with Crippen LogP contribution in [0.5, 0.6) is 5.75 Å². The second-order valence-electron chi connectivity index (χ2n) is 3.42. The lowest BCUT2D eigenvalue weighted by molar-refractivity contribution is 0.417. The van der Waals surface area contributed by atoms with Gasteiger partial charge in [-0.05, 0) is 11.6 Å². The number of methoxy groups -OCH3 is 1. The van der Waals surface area contributed by atoms with Crippen molar-refractivity contribution in [2.24, 2.45) is 0 Å². The number of ether oxygens (including phenoxy) is 1. The maximum absolute atomic E-state index is 6.24. The molecule has 0 atom stereocenters. The van der Waals surface area contributed by atoms with Gasteiger partial charge in [0.15, 0.2) is 5.75 Å². The molecular formula is C13H12ClNO. The van der Waals surface area contributed by atoms with Gasteiger partial charge in [0.25, 0.3) is 0 Å². The quantitative estimate of drug-likeness (QED) is 0.805. The molecule has 2 aromatic carbocycles. The standard InChI is InChI=1S/C13H12ClNO/c1-16-13-11(15)8-7-10(12(13)14)9-5-3-2-4-6-9/h2-8H,15H2,1H3. The van der Waals surface area contributed by atoms with Gasteiger partial charge in [-0.25, -0.2) is 0 Å². The van der Waals surface area contributed by atoms with Crippen molar-refractivity contribution in [1.82, 2.24) is 0 Å². The molecule has 0 saturated carbocycles. The van der Waals surface area contributed by atoms with Crippen LogP contribution in [-0.2, 0) is 0 Å². The topological polar surface area (TPSA) is 35.2 Å². The second-order valence-corrected chi connectivity index (χ2v) is 3.79. The van der Waals surface area contributed by atoms with Crippen LogP contribution in [0.4, 0.5) is 5.69 Å². The highest BCUT2D eigenvalue weighted by molar-refractivity contribution is 6.35. The number of halogens is 1. The summed E-state index contributed by atoms with van der Waals surface area (Å²) >= 11 is 6.24. The van der Waals surface area contributed by atoms with E-state index in [0.29, 0.717) is 16.5 Å². The molecule has 0 heterocycles. The maximum Gasteiger partial charge on any atom is 0.160 e. The molecule has 2 rings (SSSR count). The Kier molecular flexibility index (Phi) is 3.02. The SMILES string of the molecule is COc1c(N)ccc(-c2ccccc2)c1Cl. The summed E-state index contributed by atoms with van der Waals surface area (Å²) < 4.78 is 5.18. The molecule has 0 aliphatic rings. The fraction of sp³-hybridized carbons (Fsp3) is 0.0769. The third-order valence-corrected chi connectivity index (χ3v) is 2.79. The summed E-state index contributed by atoms with van der Waals surface area (Å²) in [6.45, 7) is 0. The minimum atomic E-state index is 0.531. The minimum absolute atomic E-state index is 0.531. The first-order valence-electron chi connectivity index (χ1n) is 4.91. The van der Waals surface area contributed by atoms with E-state index in [2.05, 4.69) is 0 Å². The number of benzene rings is 2. The van der Waals surface area contributed by atoms with Crippen molar-refractivity contribution in [2.45, 2.75) is 0 Å². The average molecular weight is 234 g/mol. The lowest BCUT2D eigenvalue weighted by Crippen LogP contribution is -1.94. The summed E-state index contributed by atoms with van der Waals surface area (Å²) in [5.41, 5.74) is 8.29. The van der Waals surface area contributed by atoms with Crippen molar-refractivity contribution in [3.63, 3.8) is 0 Å². The van der Waals surface area contributed by atoms with Gasteiger partial charge in [0.05, 0.1) is 17.8 Å². The van der Waals surface area contributed by atoms with Gasteiger partial charge in [-0.15, -0.1) is 0 Å². The van der Waals surface area contributed by atoms with E-state index < -0.39 is 0 Å². The predicted molar refractivity (Wildman–Crippen MR) is 67.9 cm³/mol. The number of hydrogen-bond donors (Lipinski definition) is 1. The van der Waals surface area contributed by atoms with E-state index in [1.165, 1.54) is 0 Å². The molecule has 2 aromatic rings. The Balaban J connectivity index is 2.59. The Morgan fingerprint density at radius 3 is 2.38 bits per heavy atom. The molecule has 0 radical (unpaired) electrons. The molecule has 0 aliphatic carbocycles. The normalized spacial score (nSPS) is 10.1. The van der Waals surface area contributed by atoms with E-state index in [0.717, 1.165) is 11.1 Å². The molecule has 0 aromatic heterocycles. The third-order valence-electron chi connectivity index (χ3n) is 2.42. The van der Waals surface area contributed by atoms with Gasteiger partial charge in [-0.2, -0.15) is 0 Å². The zero-order valence-corrected chi connectivity index (χ0v) is 9.66. The number of anilines is 1. The highest BCUT2D eigenvalue weighted by atomic mass is 35.5. The summed E-state index contributed by atoms with van der Waals surface area (Å²) in [6.07, 6.45) is 0. The third kappa shape index (κ3) is 1.84. The number of nitrogen functional groups attached to an aromatic ring is 1. The first kappa shape index (κ1) is 10.8. The van der Waals surface area contributed by atoms with E-state index in [9.17, 15) is 0 Å². The van der Waals surface area contributed by atoms with Crippen molar-refractivity contribution in [3.05, 3.63) is 47.5 Å². The van der Waals surface area contributed by atoms with Crippen LogP contribution in [0.1, 0.15) is 0 Å². The molecule has 0 amide bonds. The van der Waals surface area contributed by atoms with Crippen LogP contribution >= 0.6 is 11.6 Å². The van der Waals surface area contributed by atoms with Gasteiger partial charge < -0.3 is 10.5 Å². The second kappa shape index (κ2) is 4.45. The average Bonchev–Trinajstić information content (AvgIpc) is 2.31. The molecule has 0 fully saturated rings. The molecule has 0 saturated heterocycles. The molecule has 0 spiro atoms. The first-order valence-corrected chi connectivity index (χ1v) is 5.29. The zero-order chi connectivity index (χ0) is 11.5. The van der Waals surface area contributed by atoms with Crippen molar-refractivity contribution in [3.8, 4) is 16.9 Å². The Morgan fingerprint density at radius 1 is 1.06 bits per heavy atom. The molecule has 16 heavy (non-hydrogen) atoms. The summed E-state index contributed by atoms with van der Waals surface area (Å²) in [7, 11) is 1.56. The van der Waals surface area contributed by atoms with Crippen molar-refractivity contribution < 1.29 is 4.74 Å². The molecule has 3 heteroatoms. The molecule has 0 unspecified atom stereocenters. The molecule has 2 N–H and O–H groups in total. The Labute approximate surface area is 99.6 Å². The minimum Gasteiger partial charge on any atom is -0.493 e. The van der Waals surface area contributed by atoms with Crippen LogP contribution < -0.4 is 10.5 Å². The fourth-order valence-corrected chi connectivity index (χ4v) is 1.98. The largest absolute Gasteiger partial charge is 0.493 e. The van der Waals surface area contributed by atoms with Gasteiger partial charge in [-0.3, -0.25) is 0 Å². The van der Waals surface area contributed by atoms with Gasteiger partial charge in [0.1, 0.15) is 0 Å². The van der Waals surface area contributed by atoms with Crippen molar-refractivity contribution >= 4 is 17.3 Å². The van der Waals surface area contributed by atoms with E-state index in [1.54, 1.807) is 13.2 Å². The highest BCUT2D eigenvalue weighted by Crippen LogP contribution is 2.38. The molecule has 0 aliphatic heterocycles. The maximum atomic E-state index is 6.24. The molecule has 0 bridgehead atoms. The van der Waals surface area contributed by atoms with Gasteiger partial charge >= 0.3 is 0 Å².